The average molecular weight is 665 g/mol. The Morgan fingerprint density at radius 3 is 2.79 bits per heavy atom. The third kappa shape index (κ3) is 5.66. The van der Waals surface area contributed by atoms with E-state index in [1.165, 1.54) is 19.4 Å². The van der Waals surface area contributed by atoms with Gasteiger partial charge < -0.3 is 24.4 Å². The molecule has 3 aliphatic heterocycles. The van der Waals surface area contributed by atoms with Gasteiger partial charge in [0, 0.05) is 52.0 Å². The third-order valence-electron chi connectivity index (χ3n) is 10.1. The van der Waals surface area contributed by atoms with Crippen LogP contribution in [0, 0.1) is 17.6 Å². The van der Waals surface area contributed by atoms with Crippen LogP contribution in [-0.2, 0) is 16.0 Å². The minimum Gasteiger partial charge on any atom is -0.468 e. The molecule has 0 bridgehead atoms. The van der Waals surface area contributed by atoms with Crippen molar-refractivity contribution in [2.75, 3.05) is 58.6 Å². The lowest BCUT2D eigenvalue weighted by Gasteiger charge is -2.31. The van der Waals surface area contributed by atoms with Crippen LogP contribution >= 0.6 is 0 Å². The van der Waals surface area contributed by atoms with Crippen LogP contribution in [0.25, 0.3) is 32.9 Å². The molecule has 10 nitrogen and oxygen atoms in total. The number of ether oxygens (including phenoxy) is 3. The van der Waals surface area contributed by atoms with Gasteiger partial charge in [0.2, 0.25) is 5.91 Å². The fourth-order valence-corrected chi connectivity index (χ4v) is 7.76. The number of nitrogens with zero attached hydrogens (tertiary/aromatic N) is 5. The van der Waals surface area contributed by atoms with Gasteiger partial charge in [-0.15, -0.1) is 0 Å². The molecule has 3 aliphatic rings. The topological polar surface area (TPSA) is 102 Å². The predicted molar refractivity (Wildman–Crippen MR) is 175 cm³/mol. The number of aryl methyl sites for hydroxylation is 1. The molecule has 0 spiro atoms. The number of nitrogens with one attached hydrogen (secondary N) is 1. The number of pyridine rings is 1. The molecule has 3 atom stereocenters. The van der Waals surface area contributed by atoms with E-state index in [9.17, 15) is 9.18 Å². The maximum atomic E-state index is 17.0. The molecule has 13 heteroatoms. The SMILES string of the molecule is CCc1c(F)ccc2cc(OCOC)cc(-c3ncc4c(N5CCC(C(=O)NC)C5)nc(OC[C@@]56CCCN5C[C@H](F)C6)nc4c3F)c12. The number of carbonyl (C=O) groups excluding carboxylic acids is 1. The highest BCUT2D eigenvalue weighted by Gasteiger charge is 2.49. The molecule has 1 N–H and O–H groups in total. The summed E-state index contributed by atoms with van der Waals surface area (Å²) in [6.07, 6.45) is 3.64. The highest BCUT2D eigenvalue weighted by molar-refractivity contribution is 6.02. The molecule has 0 aliphatic carbocycles. The zero-order valence-corrected chi connectivity index (χ0v) is 27.3. The molecule has 1 unspecified atom stereocenters. The van der Waals surface area contributed by atoms with Gasteiger partial charge in [-0.25, -0.2) is 13.2 Å². The van der Waals surface area contributed by atoms with Crippen molar-refractivity contribution in [3.05, 3.63) is 47.7 Å². The van der Waals surface area contributed by atoms with Crippen molar-refractivity contribution in [1.29, 1.82) is 0 Å². The van der Waals surface area contributed by atoms with Crippen molar-refractivity contribution >= 4 is 33.4 Å². The number of rotatable bonds is 10. The molecule has 5 heterocycles. The van der Waals surface area contributed by atoms with Crippen LogP contribution in [-0.4, -0.2) is 91.2 Å². The molecule has 7 rings (SSSR count). The summed E-state index contributed by atoms with van der Waals surface area (Å²) in [5.41, 5.74) is 0.255. The first-order valence-corrected chi connectivity index (χ1v) is 16.5. The van der Waals surface area contributed by atoms with Gasteiger partial charge in [0.1, 0.15) is 41.4 Å². The summed E-state index contributed by atoms with van der Waals surface area (Å²) in [5.74, 6) is -0.677. The first-order chi connectivity index (χ1) is 23.2. The number of hydrogen-bond acceptors (Lipinski definition) is 9. The molecule has 2 aromatic carbocycles. The van der Waals surface area contributed by atoms with E-state index in [1.807, 2.05) is 11.8 Å². The van der Waals surface area contributed by atoms with Crippen molar-refractivity contribution in [3.8, 4) is 23.0 Å². The Bertz CT molecular complexity index is 1880. The Balaban J connectivity index is 1.37. The maximum absolute atomic E-state index is 17.0. The summed E-state index contributed by atoms with van der Waals surface area (Å²) < 4.78 is 63.7. The Hall–Kier alpha value is -4.23. The van der Waals surface area contributed by atoms with Crippen molar-refractivity contribution in [2.45, 2.75) is 50.7 Å². The smallest absolute Gasteiger partial charge is 0.319 e. The first kappa shape index (κ1) is 32.3. The lowest BCUT2D eigenvalue weighted by Crippen LogP contribution is -2.43. The number of halogens is 3. The maximum Gasteiger partial charge on any atom is 0.319 e. The largest absolute Gasteiger partial charge is 0.468 e. The van der Waals surface area contributed by atoms with E-state index >= 15 is 8.78 Å². The molecule has 0 saturated carbocycles. The van der Waals surface area contributed by atoms with Gasteiger partial charge >= 0.3 is 6.01 Å². The normalized spacial score (nSPS) is 22.5. The monoisotopic (exact) mass is 664 g/mol. The van der Waals surface area contributed by atoms with Crippen LogP contribution in [0.4, 0.5) is 19.0 Å². The zero-order chi connectivity index (χ0) is 33.6. The Labute approximate surface area is 276 Å². The van der Waals surface area contributed by atoms with Crippen molar-refractivity contribution in [2.24, 2.45) is 5.92 Å². The molecular weight excluding hydrogens is 625 g/mol. The second-order valence-electron chi connectivity index (χ2n) is 12.9. The van der Waals surface area contributed by atoms with Crippen molar-refractivity contribution in [1.82, 2.24) is 25.2 Å². The number of anilines is 1. The molecule has 3 fully saturated rings. The van der Waals surface area contributed by atoms with E-state index in [0.717, 1.165) is 19.4 Å². The van der Waals surface area contributed by atoms with Gasteiger partial charge in [-0.05, 0) is 66.8 Å². The van der Waals surface area contributed by atoms with Crippen LogP contribution < -0.4 is 19.7 Å². The molecule has 4 aromatic rings. The van der Waals surface area contributed by atoms with Gasteiger partial charge in [0.25, 0.3) is 0 Å². The fraction of sp³-hybridized carbons (Fsp3) is 0.486. The summed E-state index contributed by atoms with van der Waals surface area (Å²) in [6.45, 7) is 4.02. The third-order valence-corrected chi connectivity index (χ3v) is 10.1. The van der Waals surface area contributed by atoms with E-state index in [1.54, 1.807) is 25.2 Å². The Morgan fingerprint density at radius 2 is 2.00 bits per heavy atom. The summed E-state index contributed by atoms with van der Waals surface area (Å²) in [5, 5.41) is 4.24. The molecular formula is C35H39F3N6O4. The number of benzene rings is 2. The van der Waals surface area contributed by atoms with E-state index < -0.39 is 23.3 Å². The lowest BCUT2D eigenvalue weighted by atomic mass is 9.94. The molecule has 1 amide bonds. The summed E-state index contributed by atoms with van der Waals surface area (Å²) in [7, 11) is 3.10. The van der Waals surface area contributed by atoms with Crippen LogP contribution in [0.5, 0.6) is 11.8 Å². The average Bonchev–Trinajstić information content (AvgIpc) is 3.81. The molecule has 2 aromatic heterocycles. The van der Waals surface area contributed by atoms with Crippen molar-refractivity contribution < 1.29 is 32.2 Å². The first-order valence-electron chi connectivity index (χ1n) is 16.5. The van der Waals surface area contributed by atoms with E-state index in [-0.39, 0.29) is 42.4 Å². The van der Waals surface area contributed by atoms with Crippen molar-refractivity contribution in [3.63, 3.8) is 0 Å². The Morgan fingerprint density at radius 1 is 1.15 bits per heavy atom. The highest BCUT2D eigenvalue weighted by Crippen LogP contribution is 2.42. The van der Waals surface area contributed by atoms with Crippen LogP contribution in [0.15, 0.2) is 30.5 Å². The number of aromatic nitrogens is 3. The molecule has 254 valence electrons. The highest BCUT2D eigenvalue weighted by atomic mass is 19.1. The van der Waals surface area contributed by atoms with Gasteiger partial charge in [-0.3, -0.25) is 14.7 Å². The zero-order valence-electron chi connectivity index (χ0n) is 27.3. The second kappa shape index (κ2) is 13.0. The van der Waals surface area contributed by atoms with Gasteiger partial charge in [-0.2, -0.15) is 9.97 Å². The van der Waals surface area contributed by atoms with Crippen LogP contribution in [0.3, 0.4) is 0 Å². The number of fused-ring (bicyclic) bond motifs is 3. The summed E-state index contributed by atoms with van der Waals surface area (Å²) in [4.78, 5) is 30.4. The quantitative estimate of drug-likeness (QED) is 0.230. The number of carbonyl (C=O) groups is 1. The number of hydrogen-bond donors (Lipinski definition) is 1. The number of alkyl halides is 1. The molecule has 0 radical (unpaired) electrons. The Kier molecular flexibility index (Phi) is 8.75. The lowest BCUT2D eigenvalue weighted by molar-refractivity contribution is -0.123. The van der Waals surface area contributed by atoms with Crippen LogP contribution in [0.2, 0.25) is 0 Å². The second-order valence-corrected chi connectivity index (χ2v) is 12.9. The summed E-state index contributed by atoms with van der Waals surface area (Å²) >= 11 is 0. The minimum atomic E-state index is -0.935. The van der Waals surface area contributed by atoms with Crippen LogP contribution in [0.1, 0.15) is 38.2 Å². The molecule has 3 saturated heterocycles. The number of methoxy groups -OCH3 is 1. The van der Waals surface area contributed by atoms with E-state index in [2.05, 4.69) is 20.2 Å². The van der Waals surface area contributed by atoms with E-state index in [0.29, 0.717) is 77.7 Å². The fourth-order valence-electron chi connectivity index (χ4n) is 7.76. The van der Waals surface area contributed by atoms with E-state index in [4.69, 9.17) is 19.2 Å². The standard InChI is InChI=1S/C35H39F3N6O4/c1-4-24-27(37)7-6-20-12-23(48-19-46-3)13-25(28(20)24)30-29(38)31-26(15-40-30)32(43-11-8-21(16-43)33(45)39-2)42-34(41-31)47-18-35-9-5-10-44(35)17-22(36)14-35/h6-7,12-13,15,21-22H,4-5,8-11,14,16-19H2,1-3H3,(H,39,45)/t21?,22-,35+/m1/s1. The summed E-state index contributed by atoms with van der Waals surface area (Å²) in [6, 6.07) is 6.37. The molecule has 48 heavy (non-hydrogen) atoms. The minimum absolute atomic E-state index is 0.0234. The number of amides is 1. The van der Waals surface area contributed by atoms with Gasteiger partial charge in [0.05, 0.1) is 16.8 Å². The van der Waals surface area contributed by atoms with Gasteiger partial charge in [-0.1, -0.05) is 13.0 Å². The predicted octanol–water partition coefficient (Wildman–Crippen LogP) is 5.20. The van der Waals surface area contributed by atoms with Gasteiger partial charge in [0.15, 0.2) is 12.6 Å².